The molecule has 1 nitrogen and oxygen atoms in total. The second kappa shape index (κ2) is 10.2. The minimum atomic E-state index is -1.56. The third kappa shape index (κ3) is 3.65. The van der Waals surface area contributed by atoms with Crippen molar-refractivity contribution in [1.82, 2.24) is 0 Å². The zero-order valence-electron chi connectivity index (χ0n) is 30.0. The molecule has 0 bridgehead atoms. The van der Waals surface area contributed by atoms with Gasteiger partial charge in [-0.1, -0.05) is 148 Å². The van der Waals surface area contributed by atoms with Crippen molar-refractivity contribution in [3.8, 4) is 33.4 Å². The molecule has 0 atom stereocenters. The molecule has 7 aromatic carbocycles. The molecule has 0 heterocycles. The fourth-order valence-electron chi connectivity index (χ4n) is 9.36. The normalized spacial score (nSPS) is 15.7. The first-order valence-corrected chi connectivity index (χ1v) is 17.3. The van der Waals surface area contributed by atoms with E-state index in [9.17, 15) is 0 Å². The average Bonchev–Trinajstić information content (AvgIpc) is 3.70. The standard InChI is InChI=1S/C48H37N/c1-4-31-15-5-14-24-46(31)49(32-25-27-38-34-16-6-10-20-40(34)47(2,3)44(38)29-32)33-26-28-39-37-19-9-13-23-43(37)48(45(39)30-33)41-21-11-7-17-35(41)36-18-8-12-22-42(36)48/h5-30H,4H2,1-3H3/i4D2. The Morgan fingerprint density at radius 2 is 0.857 bits per heavy atom. The molecule has 0 aromatic heterocycles. The van der Waals surface area contributed by atoms with E-state index in [-0.39, 0.29) is 5.41 Å². The van der Waals surface area contributed by atoms with Gasteiger partial charge in [0.1, 0.15) is 0 Å². The molecule has 0 aliphatic heterocycles. The van der Waals surface area contributed by atoms with E-state index in [1.807, 2.05) is 18.2 Å². The van der Waals surface area contributed by atoms with E-state index in [0.717, 1.165) is 17.1 Å². The van der Waals surface area contributed by atoms with Crippen LogP contribution in [0, 0.1) is 0 Å². The average molecular weight is 630 g/mol. The van der Waals surface area contributed by atoms with Crippen molar-refractivity contribution in [2.24, 2.45) is 0 Å². The van der Waals surface area contributed by atoms with Gasteiger partial charge in [-0.15, -0.1) is 0 Å². The predicted molar refractivity (Wildman–Crippen MR) is 204 cm³/mol. The number of rotatable bonds is 4. The Labute approximate surface area is 292 Å². The van der Waals surface area contributed by atoms with Crippen molar-refractivity contribution in [3.05, 3.63) is 197 Å². The molecular weight excluding hydrogens is 591 g/mol. The molecule has 0 amide bonds. The third-order valence-electron chi connectivity index (χ3n) is 11.5. The highest BCUT2D eigenvalue weighted by atomic mass is 15.1. The van der Waals surface area contributed by atoms with Gasteiger partial charge in [0.2, 0.25) is 0 Å². The largest absolute Gasteiger partial charge is 0.310 e. The Morgan fingerprint density at radius 3 is 1.41 bits per heavy atom. The lowest BCUT2D eigenvalue weighted by atomic mass is 9.70. The fourth-order valence-corrected chi connectivity index (χ4v) is 9.36. The SMILES string of the molecule is [2H]C([2H])(C)c1ccccc1N(c1ccc2c(c1)C(C)(C)c1ccccc1-2)c1ccc2c(c1)C1(c3ccccc3-c3ccccc31)c1ccccc1-2. The van der Waals surface area contributed by atoms with E-state index in [0.29, 0.717) is 5.56 Å². The van der Waals surface area contributed by atoms with Crippen LogP contribution in [0.5, 0.6) is 0 Å². The van der Waals surface area contributed by atoms with Gasteiger partial charge in [0.25, 0.3) is 0 Å². The van der Waals surface area contributed by atoms with Crippen molar-refractivity contribution in [3.63, 3.8) is 0 Å². The van der Waals surface area contributed by atoms with Gasteiger partial charge in [0.15, 0.2) is 0 Å². The summed E-state index contributed by atoms with van der Waals surface area (Å²) in [5.41, 5.74) is 18.3. The monoisotopic (exact) mass is 629 g/mol. The number of fused-ring (bicyclic) bond motifs is 13. The Kier molecular flexibility index (Phi) is 5.46. The van der Waals surface area contributed by atoms with Gasteiger partial charge < -0.3 is 4.90 Å². The third-order valence-corrected chi connectivity index (χ3v) is 11.5. The first kappa shape index (κ1) is 26.3. The van der Waals surface area contributed by atoms with Gasteiger partial charge in [-0.3, -0.25) is 0 Å². The summed E-state index contributed by atoms with van der Waals surface area (Å²) in [5, 5.41) is 0. The van der Waals surface area contributed by atoms with E-state index < -0.39 is 11.8 Å². The van der Waals surface area contributed by atoms with Crippen LogP contribution < -0.4 is 4.90 Å². The van der Waals surface area contributed by atoms with E-state index in [2.05, 4.69) is 158 Å². The van der Waals surface area contributed by atoms with Gasteiger partial charge >= 0.3 is 0 Å². The lowest BCUT2D eigenvalue weighted by molar-refractivity contribution is 0.660. The number of anilines is 3. The molecular formula is C48H37N. The summed E-state index contributed by atoms with van der Waals surface area (Å²) in [6.07, 6.45) is -1.56. The van der Waals surface area contributed by atoms with Crippen molar-refractivity contribution in [2.75, 3.05) is 4.90 Å². The van der Waals surface area contributed by atoms with E-state index in [1.165, 1.54) is 66.8 Å². The summed E-state index contributed by atoms with van der Waals surface area (Å²) in [6.45, 7) is 6.29. The quantitative estimate of drug-likeness (QED) is 0.187. The van der Waals surface area contributed by atoms with E-state index >= 15 is 0 Å². The lowest BCUT2D eigenvalue weighted by Gasteiger charge is -2.33. The van der Waals surface area contributed by atoms with Crippen molar-refractivity contribution in [2.45, 2.75) is 38.0 Å². The number of hydrogen-bond acceptors (Lipinski definition) is 1. The highest BCUT2D eigenvalue weighted by Gasteiger charge is 2.51. The molecule has 3 aliphatic carbocycles. The number of hydrogen-bond donors (Lipinski definition) is 0. The van der Waals surface area contributed by atoms with Gasteiger partial charge in [-0.25, -0.2) is 0 Å². The molecule has 0 N–H and O–H groups in total. The van der Waals surface area contributed by atoms with Gasteiger partial charge in [-0.2, -0.15) is 0 Å². The maximum absolute atomic E-state index is 8.95. The summed E-state index contributed by atoms with van der Waals surface area (Å²) in [5.74, 6) is 0. The summed E-state index contributed by atoms with van der Waals surface area (Å²) < 4.78 is 17.9. The summed E-state index contributed by atoms with van der Waals surface area (Å²) in [6, 6.07) is 57.2. The van der Waals surface area contributed by atoms with Gasteiger partial charge in [0.05, 0.1) is 5.41 Å². The van der Waals surface area contributed by atoms with Crippen LogP contribution in [0.25, 0.3) is 33.4 Å². The Balaban J connectivity index is 1.26. The van der Waals surface area contributed by atoms with Crippen LogP contribution in [0.15, 0.2) is 158 Å². The van der Waals surface area contributed by atoms with Crippen LogP contribution in [0.3, 0.4) is 0 Å². The number of aryl methyl sites for hydroxylation is 1. The van der Waals surface area contributed by atoms with E-state index in [4.69, 9.17) is 2.74 Å². The van der Waals surface area contributed by atoms with Crippen LogP contribution in [0.1, 0.15) is 62.5 Å². The molecule has 3 aliphatic rings. The van der Waals surface area contributed by atoms with Crippen LogP contribution in [-0.2, 0) is 17.2 Å². The number of para-hydroxylation sites is 1. The maximum Gasteiger partial charge on any atom is 0.0726 e. The molecule has 0 unspecified atom stereocenters. The summed E-state index contributed by atoms with van der Waals surface area (Å²) in [7, 11) is 0. The minimum absolute atomic E-state index is 0.173. The van der Waals surface area contributed by atoms with Crippen LogP contribution >= 0.6 is 0 Å². The predicted octanol–water partition coefficient (Wildman–Crippen LogP) is 12.4. The molecule has 1 heteroatoms. The number of benzene rings is 7. The summed E-state index contributed by atoms with van der Waals surface area (Å²) >= 11 is 0. The highest BCUT2D eigenvalue weighted by Crippen LogP contribution is 2.63. The zero-order valence-corrected chi connectivity index (χ0v) is 28.0. The van der Waals surface area contributed by atoms with E-state index in [1.54, 1.807) is 6.92 Å². The summed E-state index contributed by atoms with van der Waals surface area (Å²) in [4.78, 5) is 2.29. The first-order chi connectivity index (χ1) is 24.7. The molecule has 49 heavy (non-hydrogen) atoms. The van der Waals surface area contributed by atoms with Crippen molar-refractivity contribution >= 4 is 17.1 Å². The maximum atomic E-state index is 8.95. The smallest absolute Gasteiger partial charge is 0.0726 e. The second-order valence-corrected chi connectivity index (χ2v) is 14.1. The first-order valence-electron chi connectivity index (χ1n) is 18.3. The zero-order chi connectivity index (χ0) is 34.7. The molecule has 234 valence electrons. The molecule has 7 aromatic rings. The molecule has 0 saturated carbocycles. The Bertz CT molecular complexity index is 2510. The molecule has 10 rings (SSSR count). The van der Waals surface area contributed by atoms with Crippen LogP contribution in [-0.4, -0.2) is 0 Å². The highest BCUT2D eigenvalue weighted by molar-refractivity contribution is 5.96. The number of nitrogens with zero attached hydrogens (tertiary/aromatic N) is 1. The molecule has 0 saturated heterocycles. The lowest BCUT2D eigenvalue weighted by Crippen LogP contribution is -2.26. The van der Waals surface area contributed by atoms with Crippen molar-refractivity contribution < 1.29 is 2.74 Å². The minimum Gasteiger partial charge on any atom is -0.310 e. The molecule has 0 radical (unpaired) electrons. The fraction of sp³-hybridized carbons (Fsp3) is 0.125. The van der Waals surface area contributed by atoms with Gasteiger partial charge in [0, 0.05) is 25.2 Å². The Morgan fingerprint density at radius 1 is 0.449 bits per heavy atom. The topological polar surface area (TPSA) is 3.24 Å². The van der Waals surface area contributed by atoms with Crippen LogP contribution in [0.2, 0.25) is 0 Å². The second-order valence-electron chi connectivity index (χ2n) is 14.1. The molecule has 1 spiro atoms. The van der Waals surface area contributed by atoms with Gasteiger partial charge in [-0.05, 0) is 109 Å². The van der Waals surface area contributed by atoms with Crippen molar-refractivity contribution in [1.29, 1.82) is 0 Å². The van der Waals surface area contributed by atoms with Crippen LogP contribution in [0.4, 0.5) is 17.1 Å². The molecule has 0 fully saturated rings. The Hall–Kier alpha value is -5.66.